The van der Waals surface area contributed by atoms with Gasteiger partial charge in [0.25, 0.3) is 0 Å². The van der Waals surface area contributed by atoms with Gasteiger partial charge in [-0.15, -0.1) is 12.6 Å². The molecule has 102 valence electrons. The topological polar surface area (TPSA) is 30.7 Å². The predicted octanol–water partition coefficient (Wildman–Crippen LogP) is 3.88. The van der Waals surface area contributed by atoms with Crippen molar-refractivity contribution in [2.75, 3.05) is 0 Å². The molecule has 0 amide bonds. The van der Waals surface area contributed by atoms with Crippen LogP contribution in [0, 0.1) is 0 Å². The quantitative estimate of drug-likeness (QED) is 0.740. The van der Waals surface area contributed by atoms with Crippen LogP contribution in [0.3, 0.4) is 0 Å². The van der Waals surface area contributed by atoms with Crippen molar-refractivity contribution in [3.63, 3.8) is 0 Å². The van der Waals surface area contributed by atoms with Crippen molar-refractivity contribution in [1.29, 1.82) is 0 Å². The van der Waals surface area contributed by atoms with E-state index < -0.39 is 0 Å². The number of hydrogen-bond donors (Lipinski definition) is 1. The third-order valence-corrected chi connectivity index (χ3v) is 3.88. The van der Waals surface area contributed by atoms with Crippen molar-refractivity contribution in [1.82, 2.24) is 14.5 Å². The molecular formula is C16H17N3S. The fraction of sp³-hybridized carbons (Fsp3) is 0.250. The summed E-state index contributed by atoms with van der Waals surface area (Å²) in [5.74, 6) is 0.932. The number of aryl methyl sites for hydroxylation is 2. The Hall–Kier alpha value is -1.81. The Kier molecular flexibility index (Phi) is 3.49. The van der Waals surface area contributed by atoms with E-state index in [1.165, 1.54) is 5.56 Å². The summed E-state index contributed by atoms with van der Waals surface area (Å²) in [5.41, 5.74) is 4.53. The van der Waals surface area contributed by atoms with Crippen molar-refractivity contribution >= 4 is 23.7 Å². The van der Waals surface area contributed by atoms with Crippen molar-refractivity contribution < 1.29 is 0 Å². The number of nitrogens with zero attached hydrogens (tertiary/aromatic N) is 3. The Morgan fingerprint density at radius 3 is 2.85 bits per heavy atom. The molecule has 0 aliphatic heterocycles. The van der Waals surface area contributed by atoms with E-state index in [0.29, 0.717) is 0 Å². The van der Waals surface area contributed by atoms with Crippen molar-refractivity contribution in [3.05, 3.63) is 42.2 Å². The van der Waals surface area contributed by atoms with Crippen LogP contribution in [0.5, 0.6) is 0 Å². The number of hydrogen-bond acceptors (Lipinski definition) is 3. The second-order valence-corrected chi connectivity index (χ2v) is 5.44. The summed E-state index contributed by atoms with van der Waals surface area (Å²) in [5, 5.41) is 0. The van der Waals surface area contributed by atoms with E-state index in [1.807, 2.05) is 13.1 Å². The van der Waals surface area contributed by atoms with E-state index in [1.54, 1.807) is 12.4 Å². The first-order valence-corrected chi connectivity index (χ1v) is 7.24. The molecule has 3 rings (SSSR count). The molecule has 2 heterocycles. The molecule has 0 N–H and O–H groups in total. The monoisotopic (exact) mass is 283 g/mol. The van der Waals surface area contributed by atoms with Crippen LogP contribution in [0.25, 0.3) is 22.4 Å². The molecule has 0 bridgehead atoms. The molecule has 0 atom stereocenters. The molecule has 2 aromatic heterocycles. The van der Waals surface area contributed by atoms with Gasteiger partial charge in [0.15, 0.2) is 0 Å². The van der Waals surface area contributed by atoms with E-state index >= 15 is 0 Å². The highest BCUT2D eigenvalue weighted by atomic mass is 32.1. The van der Waals surface area contributed by atoms with Gasteiger partial charge in [-0.1, -0.05) is 19.4 Å². The molecule has 0 saturated carbocycles. The fourth-order valence-corrected chi connectivity index (χ4v) is 2.75. The SMILES string of the molecule is CCCc1ccc2c(c1)nc(-c1ccncc1S)n2C. The Morgan fingerprint density at radius 2 is 2.10 bits per heavy atom. The number of aromatic nitrogens is 3. The summed E-state index contributed by atoms with van der Waals surface area (Å²) in [4.78, 5) is 9.70. The number of fused-ring (bicyclic) bond motifs is 1. The molecule has 3 aromatic rings. The average molecular weight is 283 g/mol. The third-order valence-electron chi connectivity index (χ3n) is 3.52. The Balaban J connectivity index is 2.18. The maximum Gasteiger partial charge on any atom is 0.142 e. The van der Waals surface area contributed by atoms with Gasteiger partial charge >= 0.3 is 0 Å². The maximum absolute atomic E-state index is 4.77. The number of benzene rings is 1. The molecule has 4 heteroatoms. The summed E-state index contributed by atoms with van der Waals surface area (Å²) in [6.45, 7) is 2.19. The molecule has 0 saturated heterocycles. The van der Waals surface area contributed by atoms with Gasteiger partial charge in [0.1, 0.15) is 5.82 Å². The second-order valence-electron chi connectivity index (χ2n) is 4.96. The molecule has 0 fully saturated rings. The van der Waals surface area contributed by atoms with Crippen LogP contribution in [-0.2, 0) is 13.5 Å². The highest BCUT2D eigenvalue weighted by Gasteiger charge is 2.12. The van der Waals surface area contributed by atoms with Crippen LogP contribution in [0.2, 0.25) is 0 Å². The van der Waals surface area contributed by atoms with Crippen LogP contribution >= 0.6 is 12.6 Å². The smallest absolute Gasteiger partial charge is 0.142 e. The molecule has 0 unspecified atom stereocenters. The lowest BCUT2D eigenvalue weighted by Crippen LogP contribution is -1.93. The van der Waals surface area contributed by atoms with E-state index in [2.05, 4.69) is 47.3 Å². The number of pyridine rings is 1. The Bertz CT molecular complexity index is 762. The zero-order valence-corrected chi connectivity index (χ0v) is 12.6. The first kappa shape index (κ1) is 13.2. The lowest BCUT2D eigenvalue weighted by atomic mass is 10.1. The van der Waals surface area contributed by atoms with E-state index in [9.17, 15) is 0 Å². The van der Waals surface area contributed by atoms with Gasteiger partial charge in [-0.25, -0.2) is 4.98 Å². The van der Waals surface area contributed by atoms with Gasteiger partial charge in [-0.2, -0.15) is 0 Å². The van der Waals surface area contributed by atoms with Gasteiger partial charge in [-0.05, 0) is 30.2 Å². The zero-order valence-electron chi connectivity index (χ0n) is 11.7. The first-order chi connectivity index (χ1) is 9.70. The minimum atomic E-state index is 0.847. The van der Waals surface area contributed by atoms with Crippen LogP contribution in [0.1, 0.15) is 18.9 Å². The van der Waals surface area contributed by atoms with E-state index in [4.69, 9.17) is 4.98 Å². The lowest BCUT2D eigenvalue weighted by Gasteiger charge is -2.04. The van der Waals surface area contributed by atoms with Gasteiger partial charge in [0, 0.05) is 29.9 Å². The largest absolute Gasteiger partial charge is 0.327 e. The van der Waals surface area contributed by atoms with Crippen LogP contribution < -0.4 is 0 Å². The van der Waals surface area contributed by atoms with E-state index in [0.717, 1.165) is 40.2 Å². The summed E-state index contributed by atoms with van der Waals surface area (Å²) in [6.07, 6.45) is 5.77. The van der Waals surface area contributed by atoms with Crippen LogP contribution in [0.4, 0.5) is 0 Å². The molecule has 0 spiro atoms. The van der Waals surface area contributed by atoms with Crippen molar-refractivity contribution in [3.8, 4) is 11.4 Å². The average Bonchev–Trinajstić information content (AvgIpc) is 2.77. The molecule has 3 nitrogen and oxygen atoms in total. The second kappa shape index (κ2) is 5.29. The zero-order chi connectivity index (χ0) is 14.1. The predicted molar refractivity (Wildman–Crippen MR) is 85.2 cm³/mol. The van der Waals surface area contributed by atoms with Crippen molar-refractivity contribution in [2.24, 2.45) is 7.05 Å². The Morgan fingerprint density at radius 1 is 1.25 bits per heavy atom. The molecule has 20 heavy (non-hydrogen) atoms. The Labute approximate surface area is 124 Å². The first-order valence-electron chi connectivity index (χ1n) is 6.79. The minimum Gasteiger partial charge on any atom is -0.327 e. The fourth-order valence-electron chi connectivity index (χ4n) is 2.51. The summed E-state index contributed by atoms with van der Waals surface area (Å²) in [6, 6.07) is 8.47. The standard InChI is InChI=1S/C16H17N3S/c1-3-4-11-5-6-14-13(9-11)18-16(19(14)2)12-7-8-17-10-15(12)20/h5-10,20H,3-4H2,1-2H3. The van der Waals surface area contributed by atoms with Gasteiger partial charge in [0.05, 0.1) is 11.0 Å². The molecule has 0 aliphatic rings. The lowest BCUT2D eigenvalue weighted by molar-refractivity contribution is 0.922. The maximum atomic E-state index is 4.77. The highest BCUT2D eigenvalue weighted by molar-refractivity contribution is 7.80. The molecule has 1 aromatic carbocycles. The van der Waals surface area contributed by atoms with Crippen LogP contribution in [0.15, 0.2) is 41.6 Å². The van der Waals surface area contributed by atoms with Gasteiger partial charge in [-0.3, -0.25) is 4.98 Å². The van der Waals surface area contributed by atoms with Gasteiger partial charge in [0.2, 0.25) is 0 Å². The number of thiol groups is 1. The molecule has 0 radical (unpaired) electrons. The molecule has 0 aliphatic carbocycles. The third kappa shape index (κ3) is 2.20. The highest BCUT2D eigenvalue weighted by Crippen LogP contribution is 2.28. The van der Waals surface area contributed by atoms with Crippen LogP contribution in [-0.4, -0.2) is 14.5 Å². The van der Waals surface area contributed by atoms with E-state index in [-0.39, 0.29) is 0 Å². The minimum absolute atomic E-state index is 0.847. The number of rotatable bonds is 3. The van der Waals surface area contributed by atoms with Crippen molar-refractivity contribution in [2.45, 2.75) is 24.7 Å². The van der Waals surface area contributed by atoms with Gasteiger partial charge < -0.3 is 4.57 Å². The summed E-state index contributed by atoms with van der Waals surface area (Å²) >= 11 is 4.48. The molecular weight excluding hydrogens is 266 g/mol. The summed E-state index contributed by atoms with van der Waals surface area (Å²) < 4.78 is 2.11. The number of imidazole rings is 1. The summed E-state index contributed by atoms with van der Waals surface area (Å²) in [7, 11) is 2.04. The normalized spacial score (nSPS) is 11.2.